The highest BCUT2D eigenvalue weighted by molar-refractivity contribution is 6.31. The van der Waals surface area contributed by atoms with Crippen LogP contribution in [0.3, 0.4) is 0 Å². The van der Waals surface area contributed by atoms with Gasteiger partial charge >= 0.3 is 6.18 Å². The quantitative estimate of drug-likeness (QED) is 0.282. The van der Waals surface area contributed by atoms with Crippen molar-refractivity contribution in [3.63, 3.8) is 0 Å². The molecule has 3 aromatic heterocycles. The maximum Gasteiger partial charge on any atom is 0.421 e. The summed E-state index contributed by atoms with van der Waals surface area (Å²) < 4.78 is 46.8. The number of hydrogen-bond acceptors (Lipinski definition) is 6. The van der Waals surface area contributed by atoms with E-state index in [4.69, 9.17) is 22.1 Å². The molecule has 3 heterocycles. The number of nitrogens with zero attached hydrogens (tertiary/aromatic N) is 4. The maximum atomic E-state index is 13.2. The van der Waals surface area contributed by atoms with E-state index in [9.17, 15) is 18.0 Å². The number of alkyl halides is 3. The number of para-hydroxylation sites is 1. The molecule has 0 aliphatic rings. The number of rotatable bonds is 8. The zero-order valence-electron chi connectivity index (χ0n) is 21.2. The van der Waals surface area contributed by atoms with Crippen LogP contribution in [-0.4, -0.2) is 26.8 Å². The van der Waals surface area contributed by atoms with E-state index < -0.39 is 17.3 Å². The number of allylic oxidation sites excluding steroid dienone is 1. The van der Waals surface area contributed by atoms with Gasteiger partial charge in [-0.05, 0) is 56.5 Å². The number of fused-ring (bicyclic) bond motifs is 1. The van der Waals surface area contributed by atoms with E-state index in [2.05, 4.69) is 15.0 Å². The Kier molecular flexibility index (Phi) is 8.35. The van der Waals surface area contributed by atoms with Gasteiger partial charge in [0.1, 0.15) is 23.4 Å². The molecule has 4 aromatic rings. The molecular weight excluding hydrogens is 531 g/mol. The highest BCUT2D eigenvalue weighted by Gasteiger charge is 2.34. The molecule has 1 aromatic carbocycles. The molecule has 11 heteroatoms. The summed E-state index contributed by atoms with van der Waals surface area (Å²) in [6, 6.07) is 10.9. The Morgan fingerprint density at radius 2 is 2.03 bits per heavy atom. The number of aromatic nitrogens is 3. The molecule has 0 saturated heterocycles. The van der Waals surface area contributed by atoms with Crippen molar-refractivity contribution < 1.29 is 17.9 Å². The third-order valence-electron chi connectivity index (χ3n) is 5.89. The Morgan fingerprint density at radius 1 is 1.23 bits per heavy atom. The zero-order chi connectivity index (χ0) is 28.2. The van der Waals surface area contributed by atoms with Crippen LogP contribution in [-0.2, 0) is 19.3 Å². The van der Waals surface area contributed by atoms with Crippen molar-refractivity contribution in [2.24, 2.45) is 10.7 Å². The first-order valence-corrected chi connectivity index (χ1v) is 12.4. The summed E-state index contributed by atoms with van der Waals surface area (Å²) in [4.78, 5) is 26.0. The molecule has 0 amide bonds. The second-order valence-electron chi connectivity index (χ2n) is 8.54. The lowest BCUT2D eigenvalue weighted by atomic mass is 10.0. The minimum atomic E-state index is -4.77. The normalized spacial score (nSPS) is 12.4. The van der Waals surface area contributed by atoms with Gasteiger partial charge in [0, 0.05) is 41.1 Å². The lowest BCUT2D eigenvalue weighted by molar-refractivity contribution is -0.138. The average molecular weight is 556 g/mol. The fraction of sp³-hybridized carbons (Fsp3) is 0.214. The Hall–Kier alpha value is -4.18. The summed E-state index contributed by atoms with van der Waals surface area (Å²) in [6.45, 7) is 4.08. The van der Waals surface area contributed by atoms with Crippen molar-refractivity contribution >= 4 is 28.2 Å². The van der Waals surface area contributed by atoms with Crippen molar-refractivity contribution in [1.29, 1.82) is 0 Å². The molecule has 4 rings (SSSR count). The third-order valence-corrected chi connectivity index (χ3v) is 6.25. The Bertz CT molecular complexity index is 1630. The minimum Gasteiger partial charge on any atom is -0.486 e. The van der Waals surface area contributed by atoms with Gasteiger partial charge in [0.15, 0.2) is 0 Å². The van der Waals surface area contributed by atoms with Gasteiger partial charge in [0.2, 0.25) is 0 Å². The van der Waals surface area contributed by atoms with Gasteiger partial charge in [-0.15, -0.1) is 0 Å². The standard InChI is InChI=1S/C28H25ClF3N5O2/c1-3-34-23(9-11-33)19-14-17(2)36-26-18(19)6-4-8-25(26)39-16-20-22(29)10-12-35-24(20)15-37-13-5-7-21(27(37)38)28(30,31)32/h4-14H,3,15-16,33H2,1-2H3. The number of ether oxygens (including phenoxy) is 1. The third kappa shape index (κ3) is 6.12. The summed E-state index contributed by atoms with van der Waals surface area (Å²) in [5.41, 5.74) is 6.85. The van der Waals surface area contributed by atoms with Gasteiger partial charge in [-0.25, -0.2) is 4.98 Å². The van der Waals surface area contributed by atoms with Crippen LogP contribution in [0, 0.1) is 6.92 Å². The van der Waals surface area contributed by atoms with E-state index in [-0.39, 0.29) is 13.2 Å². The number of hydrogen-bond donors (Lipinski definition) is 1. The number of halogens is 4. The van der Waals surface area contributed by atoms with E-state index in [0.29, 0.717) is 39.8 Å². The summed E-state index contributed by atoms with van der Waals surface area (Å²) >= 11 is 6.45. The van der Waals surface area contributed by atoms with Crippen LogP contribution < -0.4 is 16.0 Å². The lowest BCUT2D eigenvalue weighted by Crippen LogP contribution is -2.28. The van der Waals surface area contributed by atoms with Crippen molar-refractivity contribution in [2.75, 3.05) is 6.54 Å². The minimum absolute atomic E-state index is 0.0571. The molecule has 0 fully saturated rings. The summed E-state index contributed by atoms with van der Waals surface area (Å²) in [6.07, 6.45) is 1.08. The number of pyridine rings is 3. The van der Waals surface area contributed by atoms with Gasteiger partial charge in [-0.3, -0.25) is 14.8 Å². The fourth-order valence-corrected chi connectivity index (χ4v) is 4.37. The van der Waals surface area contributed by atoms with E-state index in [1.54, 1.807) is 18.2 Å². The molecule has 2 N–H and O–H groups in total. The van der Waals surface area contributed by atoms with Crippen LogP contribution in [0.1, 0.15) is 35.0 Å². The van der Waals surface area contributed by atoms with Crippen LogP contribution in [0.25, 0.3) is 10.9 Å². The topological polar surface area (TPSA) is 95.4 Å². The number of nitrogens with two attached hydrogens (primary N) is 1. The molecule has 0 aliphatic carbocycles. The monoisotopic (exact) mass is 555 g/mol. The predicted molar refractivity (Wildman–Crippen MR) is 145 cm³/mol. The smallest absolute Gasteiger partial charge is 0.421 e. The molecule has 202 valence electrons. The zero-order valence-corrected chi connectivity index (χ0v) is 21.9. The largest absolute Gasteiger partial charge is 0.486 e. The lowest BCUT2D eigenvalue weighted by Gasteiger charge is -2.16. The molecule has 0 bridgehead atoms. The second-order valence-corrected chi connectivity index (χ2v) is 8.95. The van der Waals surface area contributed by atoms with Gasteiger partial charge in [-0.2, -0.15) is 13.2 Å². The first kappa shape index (κ1) is 27.8. The molecule has 7 nitrogen and oxygen atoms in total. The molecule has 0 aliphatic heterocycles. The van der Waals surface area contributed by atoms with Crippen molar-refractivity contribution in [2.45, 2.75) is 33.2 Å². The molecular formula is C28H25ClF3N5O2. The first-order chi connectivity index (χ1) is 18.6. The molecule has 39 heavy (non-hydrogen) atoms. The highest BCUT2D eigenvalue weighted by atomic mass is 35.5. The predicted octanol–water partition coefficient (Wildman–Crippen LogP) is 5.68. The van der Waals surface area contributed by atoms with Crippen LogP contribution >= 0.6 is 11.6 Å². The highest BCUT2D eigenvalue weighted by Crippen LogP contribution is 2.30. The van der Waals surface area contributed by atoms with Crippen LogP contribution in [0.5, 0.6) is 5.75 Å². The van der Waals surface area contributed by atoms with Crippen molar-refractivity contribution in [1.82, 2.24) is 14.5 Å². The SMILES string of the molecule is CCN=C(C=CN)c1cc(C)nc2c(OCc3c(Cl)ccnc3Cn3cccc(C(F)(F)F)c3=O)cccc12. The maximum absolute atomic E-state index is 13.2. The van der Waals surface area contributed by atoms with Crippen molar-refractivity contribution in [3.8, 4) is 5.75 Å². The Labute approximate surface area is 227 Å². The molecule has 0 saturated carbocycles. The molecule has 0 spiro atoms. The van der Waals surface area contributed by atoms with Gasteiger partial charge in [-0.1, -0.05) is 23.7 Å². The average Bonchev–Trinajstić information content (AvgIpc) is 2.88. The summed E-state index contributed by atoms with van der Waals surface area (Å²) in [7, 11) is 0. The number of benzene rings is 1. The van der Waals surface area contributed by atoms with E-state index in [1.807, 2.05) is 32.0 Å². The first-order valence-electron chi connectivity index (χ1n) is 12.0. The number of aryl methyl sites for hydroxylation is 1. The summed E-state index contributed by atoms with van der Waals surface area (Å²) in [5, 5.41) is 1.10. The second kappa shape index (κ2) is 11.7. The number of aliphatic imine (C=N–C) groups is 1. The molecule has 0 unspecified atom stereocenters. The van der Waals surface area contributed by atoms with Gasteiger partial charge in [0.25, 0.3) is 5.56 Å². The molecule has 0 radical (unpaired) electrons. The fourth-order valence-electron chi connectivity index (χ4n) is 4.15. The van der Waals surface area contributed by atoms with Crippen LogP contribution in [0.2, 0.25) is 5.02 Å². The Balaban J connectivity index is 1.71. The van der Waals surface area contributed by atoms with E-state index in [0.717, 1.165) is 27.3 Å². The Morgan fingerprint density at radius 3 is 2.74 bits per heavy atom. The van der Waals surface area contributed by atoms with Crippen LogP contribution in [0.4, 0.5) is 13.2 Å². The molecule has 0 atom stereocenters. The van der Waals surface area contributed by atoms with E-state index in [1.165, 1.54) is 24.7 Å². The summed E-state index contributed by atoms with van der Waals surface area (Å²) in [5.74, 6) is 0.465. The van der Waals surface area contributed by atoms with Crippen LogP contribution in [0.15, 0.2) is 76.9 Å². The van der Waals surface area contributed by atoms with E-state index >= 15 is 0 Å². The van der Waals surface area contributed by atoms with Gasteiger partial charge < -0.3 is 15.0 Å². The van der Waals surface area contributed by atoms with Gasteiger partial charge in [0.05, 0.1) is 23.0 Å². The van der Waals surface area contributed by atoms with Crippen molar-refractivity contribution in [3.05, 3.63) is 111 Å².